The number of rotatable bonds is 11. The molecule has 0 aromatic heterocycles. The van der Waals surface area contributed by atoms with Gasteiger partial charge in [-0.1, -0.05) is 19.6 Å². The minimum Gasteiger partial charge on any atom is -0.467 e. The number of hydrogen-bond donors (Lipinski definition) is 2. The lowest BCUT2D eigenvalue weighted by Gasteiger charge is -2.22. The molecule has 0 aliphatic carbocycles. The normalized spacial score (nSPS) is 13.2. The number of amides is 1. The summed E-state index contributed by atoms with van der Waals surface area (Å²) < 4.78 is 9.91. The number of hydroxylamine groups is 1. The Morgan fingerprint density at radius 1 is 1.12 bits per heavy atom. The predicted molar refractivity (Wildman–Crippen MR) is 101 cm³/mol. The Balaban J connectivity index is 4.01. The molecular formula is C17H36N2O5Si. The van der Waals surface area contributed by atoms with Crippen molar-refractivity contribution in [2.24, 2.45) is 0 Å². The SMILES string of the molecule is COC(=O)[C@@H](CCCCNOCC[Si](C)(C)C)NC(=O)OC(C)(C)C. The molecule has 0 rings (SSSR count). The van der Waals surface area contributed by atoms with Crippen molar-refractivity contribution >= 4 is 20.1 Å². The van der Waals surface area contributed by atoms with Crippen molar-refractivity contribution < 1.29 is 23.9 Å². The summed E-state index contributed by atoms with van der Waals surface area (Å²) in [5, 5.41) is 2.57. The molecule has 0 heterocycles. The molecule has 0 spiro atoms. The molecule has 25 heavy (non-hydrogen) atoms. The molecule has 0 aromatic rings. The summed E-state index contributed by atoms with van der Waals surface area (Å²) in [4.78, 5) is 29.0. The monoisotopic (exact) mass is 376 g/mol. The second-order valence-corrected chi connectivity index (χ2v) is 13.9. The van der Waals surface area contributed by atoms with Gasteiger partial charge >= 0.3 is 12.1 Å². The van der Waals surface area contributed by atoms with Crippen molar-refractivity contribution in [3.8, 4) is 0 Å². The highest BCUT2D eigenvalue weighted by Crippen LogP contribution is 2.09. The van der Waals surface area contributed by atoms with Crippen LogP contribution in [0, 0.1) is 0 Å². The molecular weight excluding hydrogens is 340 g/mol. The van der Waals surface area contributed by atoms with Crippen molar-refractivity contribution in [1.82, 2.24) is 10.8 Å². The highest BCUT2D eigenvalue weighted by Gasteiger charge is 2.24. The number of hydrogen-bond acceptors (Lipinski definition) is 6. The van der Waals surface area contributed by atoms with E-state index in [9.17, 15) is 9.59 Å². The lowest BCUT2D eigenvalue weighted by molar-refractivity contribution is -0.143. The molecule has 0 saturated heterocycles. The molecule has 7 nitrogen and oxygen atoms in total. The van der Waals surface area contributed by atoms with Crippen LogP contribution in [-0.4, -0.2) is 52.0 Å². The number of carbonyl (C=O) groups is 2. The van der Waals surface area contributed by atoms with Crippen LogP contribution in [0.3, 0.4) is 0 Å². The number of esters is 1. The number of unbranched alkanes of at least 4 members (excludes halogenated alkanes) is 1. The zero-order valence-corrected chi connectivity index (χ0v) is 17.9. The van der Waals surface area contributed by atoms with Gasteiger partial charge in [0, 0.05) is 14.6 Å². The van der Waals surface area contributed by atoms with Crippen molar-refractivity contribution in [1.29, 1.82) is 0 Å². The molecule has 1 atom stereocenters. The van der Waals surface area contributed by atoms with Gasteiger partial charge in [0.25, 0.3) is 0 Å². The summed E-state index contributed by atoms with van der Waals surface area (Å²) in [6.45, 7) is 13.7. The van der Waals surface area contributed by atoms with Crippen LogP contribution in [0.15, 0.2) is 0 Å². The van der Waals surface area contributed by atoms with Crippen LogP contribution in [0.2, 0.25) is 25.7 Å². The summed E-state index contributed by atoms with van der Waals surface area (Å²) in [5.41, 5.74) is 2.33. The van der Waals surface area contributed by atoms with Crippen LogP contribution in [-0.2, 0) is 19.1 Å². The van der Waals surface area contributed by atoms with Crippen molar-refractivity contribution in [3.05, 3.63) is 0 Å². The number of ether oxygens (including phenoxy) is 2. The van der Waals surface area contributed by atoms with Gasteiger partial charge in [-0.15, -0.1) is 0 Å². The third-order valence-electron chi connectivity index (χ3n) is 3.25. The zero-order chi connectivity index (χ0) is 19.5. The van der Waals surface area contributed by atoms with Gasteiger partial charge in [-0.3, -0.25) is 0 Å². The predicted octanol–water partition coefficient (Wildman–Crippen LogP) is 3.08. The molecule has 0 aromatic carbocycles. The minimum atomic E-state index is -1.07. The van der Waals surface area contributed by atoms with Crippen LogP contribution >= 0.6 is 0 Å². The molecule has 1 amide bonds. The molecule has 0 bridgehead atoms. The average molecular weight is 377 g/mol. The molecule has 0 aliphatic rings. The fourth-order valence-electron chi connectivity index (χ4n) is 1.89. The van der Waals surface area contributed by atoms with E-state index in [0.717, 1.165) is 25.5 Å². The van der Waals surface area contributed by atoms with Gasteiger partial charge in [-0.05, 0) is 46.1 Å². The maximum Gasteiger partial charge on any atom is 0.408 e. The quantitative estimate of drug-likeness (QED) is 0.249. The minimum absolute atomic E-state index is 0.467. The number of carbonyl (C=O) groups excluding carboxylic acids is 2. The van der Waals surface area contributed by atoms with E-state index in [1.165, 1.54) is 7.11 Å². The number of alkyl carbamates (subject to hydrolysis) is 1. The summed E-state index contributed by atoms with van der Waals surface area (Å²) in [6.07, 6.45) is 1.45. The van der Waals surface area contributed by atoms with Gasteiger partial charge < -0.3 is 19.6 Å². The number of methoxy groups -OCH3 is 1. The number of nitrogens with one attached hydrogen (secondary N) is 2. The molecule has 2 N–H and O–H groups in total. The second-order valence-electron chi connectivity index (χ2n) is 8.27. The van der Waals surface area contributed by atoms with Crippen molar-refractivity contribution in [2.45, 2.75) is 77.4 Å². The first-order valence-electron chi connectivity index (χ1n) is 8.86. The first kappa shape index (κ1) is 23.9. The molecule has 0 saturated carbocycles. The Labute approximate surface area is 153 Å². The smallest absolute Gasteiger partial charge is 0.408 e. The van der Waals surface area contributed by atoms with E-state index in [-0.39, 0.29) is 0 Å². The second kappa shape index (κ2) is 11.5. The van der Waals surface area contributed by atoms with Crippen LogP contribution in [0.5, 0.6) is 0 Å². The Kier molecular flexibility index (Phi) is 11.0. The Bertz CT molecular complexity index is 405. The third kappa shape index (κ3) is 14.9. The van der Waals surface area contributed by atoms with E-state index in [1.807, 2.05) is 0 Å². The highest BCUT2D eigenvalue weighted by molar-refractivity contribution is 6.76. The maximum atomic E-state index is 11.8. The molecule has 0 aliphatic heterocycles. The lowest BCUT2D eigenvalue weighted by atomic mass is 10.1. The van der Waals surface area contributed by atoms with Gasteiger partial charge in [0.2, 0.25) is 0 Å². The van der Waals surface area contributed by atoms with Gasteiger partial charge in [-0.25, -0.2) is 15.1 Å². The summed E-state index contributed by atoms with van der Waals surface area (Å²) in [6, 6.07) is 0.414. The summed E-state index contributed by atoms with van der Waals surface area (Å²) in [7, 11) is 0.240. The van der Waals surface area contributed by atoms with E-state index in [4.69, 9.17) is 14.3 Å². The highest BCUT2D eigenvalue weighted by atomic mass is 28.3. The standard InChI is InChI=1S/C17H36N2O5Si/c1-17(2,3)24-16(21)19-14(15(20)22-4)10-8-9-11-18-23-12-13-25(5,6)7/h14,18H,8-13H2,1-7H3,(H,19,21)/t14-/m1/s1. The molecule has 0 radical (unpaired) electrons. The first-order chi connectivity index (χ1) is 11.4. The van der Waals surface area contributed by atoms with Crippen molar-refractivity contribution in [3.63, 3.8) is 0 Å². The first-order valence-corrected chi connectivity index (χ1v) is 12.6. The van der Waals surface area contributed by atoms with Crippen LogP contribution < -0.4 is 10.8 Å². The fraction of sp³-hybridized carbons (Fsp3) is 0.882. The maximum absolute atomic E-state index is 11.8. The third-order valence-corrected chi connectivity index (χ3v) is 4.96. The van der Waals surface area contributed by atoms with Gasteiger partial charge in [0.1, 0.15) is 11.6 Å². The molecule has 8 heteroatoms. The molecule has 0 fully saturated rings. The Hall–Kier alpha value is -1.12. The van der Waals surface area contributed by atoms with Crippen LogP contribution in [0.1, 0.15) is 40.0 Å². The molecule has 148 valence electrons. The lowest BCUT2D eigenvalue weighted by Crippen LogP contribution is -2.44. The Morgan fingerprint density at radius 2 is 1.76 bits per heavy atom. The van der Waals surface area contributed by atoms with E-state index < -0.39 is 31.8 Å². The average Bonchev–Trinajstić information content (AvgIpc) is 2.44. The Morgan fingerprint density at radius 3 is 2.28 bits per heavy atom. The molecule has 0 unspecified atom stereocenters. The van der Waals surface area contributed by atoms with Crippen LogP contribution in [0.4, 0.5) is 4.79 Å². The largest absolute Gasteiger partial charge is 0.467 e. The van der Waals surface area contributed by atoms with Gasteiger partial charge in [-0.2, -0.15) is 0 Å². The van der Waals surface area contributed by atoms with E-state index in [2.05, 4.69) is 30.4 Å². The van der Waals surface area contributed by atoms with E-state index in [0.29, 0.717) is 13.0 Å². The summed E-state index contributed by atoms with van der Waals surface area (Å²) in [5.74, 6) is -0.467. The van der Waals surface area contributed by atoms with Gasteiger partial charge in [0.15, 0.2) is 0 Å². The van der Waals surface area contributed by atoms with E-state index in [1.54, 1.807) is 20.8 Å². The van der Waals surface area contributed by atoms with E-state index >= 15 is 0 Å². The summed E-state index contributed by atoms with van der Waals surface area (Å²) >= 11 is 0. The van der Waals surface area contributed by atoms with Crippen LogP contribution in [0.25, 0.3) is 0 Å². The fourth-order valence-corrected chi connectivity index (χ4v) is 2.60. The topological polar surface area (TPSA) is 85.9 Å². The van der Waals surface area contributed by atoms with Gasteiger partial charge in [0.05, 0.1) is 13.7 Å². The zero-order valence-electron chi connectivity index (χ0n) is 16.9. The van der Waals surface area contributed by atoms with Crippen molar-refractivity contribution in [2.75, 3.05) is 20.3 Å².